The van der Waals surface area contributed by atoms with Crippen molar-refractivity contribution in [1.29, 1.82) is 5.26 Å². The largest absolute Gasteiger partial charge is 0.492 e. The first kappa shape index (κ1) is 49.3. The summed E-state index contributed by atoms with van der Waals surface area (Å²) in [6.07, 6.45) is 7.73. The van der Waals surface area contributed by atoms with Crippen LogP contribution in [0.4, 0.5) is 26.0 Å². The molecule has 2 aromatic carbocycles. The fourth-order valence-corrected chi connectivity index (χ4v) is 9.70. The monoisotopic (exact) mass is 958 g/mol. The maximum absolute atomic E-state index is 14.9. The maximum Gasteiger partial charge on any atom is 0.254 e. The highest BCUT2D eigenvalue weighted by atomic mass is 19.1. The summed E-state index contributed by atoms with van der Waals surface area (Å²) in [5.41, 5.74) is 3.60. The van der Waals surface area contributed by atoms with Gasteiger partial charge in [-0.1, -0.05) is 6.07 Å². The Morgan fingerprint density at radius 3 is 2.39 bits per heavy atom. The van der Waals surface area contributed by atoms with Crippen molar-refractivity contribution in [3.8, 4) is 22.9 Å². The van der Waals surface area contributed by atoms with E-state index in [4.69, 9.17) is 9.72 Å². The molecule has 0 radical (unpaired) electrons. The van der Waals surface area contributed by atoms with Crippen molar-refractivity contribution in [2.75, 3.05) is 100 Å². The molecule has 1 unspecified atom stereocenters. The first-order valence-corrected chi connectivity index (χ1v) is 24.0. The van der Waals surface area contributed by atoms with E-state index in [2.05, 4.69) is 58.9 Å². The molecule has 6 heterocycles. The van der Waals surface area contributed by atoms with Crippen molar-refractivity contribution < 1.29 is 32.7 Å². The zero-order valence-corrected chi connectivity index (χ0v) is 39.7. The number of fused-ring (bicyclic) bond motifs is 1. The van der Waals surface area contributed by atoms with Crippen molar-refractivity contribution >= 4 is 46.8 Å². The number of nitrogens with one attached hydrogen (secondary N) is 3. The number of pyridine rings is 2. The lowest BCUT2D eigenvalue weighted by Crippen LogP contribution is -2.62. The number of nitriles is 1. The first-order valence-electron chi connectivity index (χ1n) is 24.0. The van der Waals surface area contributed by atoms with E-state index in [1.165, 1.54) is 6.20 Å². The molecule has 0 saturated carbocycles. The van der Waals surface area contributed by atoms with E-state index in [1.807, 2.05) is 49.1 Å². The number of halogens is 2. The number of anilines is 3. The van der Waals surface area contributed by atoms with Crippen LogP contribution in [0.3, 0.4) is 0 Å². The molecule has 4 amide bonds. The van der Waals surface area contributed by atoms with Gasteiger partial charge in [0.1, 0.15) is 29.3 Å². The minimum Gasteiger partial charge on any atom is -0.492 e. The van der Waals surface area contributed by atoms with Crippen LogP contribution >= 0.6 is 0 Å². The molecule has 3 saturated heterocycles. The van der Waals surface area contributed by atoms with Crippen LogP contribution in [-0.4, -0.2) is 150 Å². The van der Waals surface area contributed by atoms with Gasteiger partial charge in [0.25, 0.3) is 5.91 Å². The van der Waals surface area contributed by atoms with E-state index in [-0.39, 0.29) is 29.8 Å². The number of ether oxygens (including phenoxy) is 1. The lowest BCUT2D eigenvalue weighted by Gasteiger charge is -2.46. The Hall–Kier alpha value is -7.17. The number of benzene rings is 2. The molecule has 0 aliphatic carbocycles. The Morgan fingerprint density at radius 1 is 0.900 bits per heavy atom. The normalized spacial score (nSPS) is 16.9. The number of aromatic nitrogens is 3. The van der Waals surface area contributed by atoms with E-state index in [0.29, 0.717) is 108 Å². The number of piperazine rings is 2. The summed E-state index contributed by atoms with van der Waals surface area (Å²) in [4.78, 5) is 65.2. The highest BCUT2D eigenvalue weighted by Gasteiger charge is 2.39. The van der Waals surface area contributed by atoms with Gasteiger partial charge in [0.15, 0.2) is 0 Å². The van der Waals surface area contributed by atoms with Crippen LogP contribution in [0.25, 0.3) is 16.6 Å². The van der Waals surface area contributed by atoms with Gasteiger partial charge in [0, 0.05) is 126 Å². The lowest BCUT2D eigenvalue weighted by molar-refractivity contribution is -0.133. The Labute approximate surface area is 406 Å². The van der Waals surface area contributed by atoms with Crippen molar-refractivity contribution in [1.82, 2.24) is 39.9 Å². The Balaban J connectivity index is 0.842. The van der Waals surface area contributed by atoms with E-state index in [1.54, 1.807) is 16.9 Å². The van der Waals surface area contributed by atoms with E-state index in [9.17, 15) is 33.2 Å². The van der Waals surface area contributed by atoms with Gasteiger partial charge in [-0.2, -0.15) is 10.4 Å². The third-order valence-corrected chi connectivity index (χ3v) is 13.6. The molecule has 70 heavy (non-hydrogen) atoms. The Kier molecular flexibility index (Phi) is 15.8. The number of amides is 4. The van der Waals surface area contributed by atoms with Crippen LogP contribution < -0.4 is 30.5 Å². The molecule has 3 N–H and O–H groups in total. The zero-order valence-electron chi connectivity index (χ0n) is 39.7. The van der Waals surface area contributed by atoms with Gasteiger partial charge in [-0.25, -0.2) is 18.3 Å². The number of piperidine rings is 1. The van der Waals surface area contributed by atoms with E-state index in [0.717, 1.165) is 72.7 Å². The third-order valence-electron chi connectivity index (χ3n) is 13.6. The van der Waals surface area contributed by atoms with Gasteiger partial charge < -0.3 is 30.1 Å². The number of imide groups is 1. The number of hydrogen-bond acceptors (Lipinski definition) is 13. The number of hydrogen-bond donors (Lipinski definition) is 3. The Morgan fingerprint density at radius 2 is 1.67 bits per heavy atom. The average Bonchev–Trinajstić information content (AvgIpc) is 3.79. The predicted octanol–water partition coefficient (Wildman–Crippen LogP) is 4.92. The summed E-state index contributed by atoms with van der Waals surface area (Å²) < 4.78 is 36.6. The van der Waals surface area contributed by atoms with Crippen LogP contribution in [0.5, 0.6) is 5.75 Å². The smallest absolute Gasteiger partial charge is 0.254 e. The molecule has 368 valence electrons. The van der Waals surface area contributed by atoms with Crippen LogP contribution in [0.15, 0.2) is 79.3 Å². The van der Waals surface area contributed by atoms with Gasteiger partial charge in [-0.05, 0) is 87.7 Å². The minimum absolute atomic E-state index is 0.0446. The van der Waals surface area contributed by atoms with Gasteiger partial charge >= 0.3 is 0 Å². The number of carbonyl (C=O) groups is 4. The fraction of sp³-hybridized carbons (Fsp3) is 0.431. The molecule has 17 nitrogen and oxygen atoms in total. The summed E-state index contributed by atoms with van der Waals surface area (Å²) in [5, 5.41) is 22.9. The van der Waals surface area contributed by atoms with Gasteiger partial charge in [-0.3, -0.25) is 34.3 Å². The molecular weight excluding hydrogens is 899 g/mol. The first-order chi connectivity index (χ1) is 33.9. The molecule has 19 heteroatoms. The van der Waals surface area contributed by atoms with Crippen molar-refractivity contribution in [2.45, 2.75) is 57.5 Å². The molecule has 3 aliphatic rings. The second-order valence-electron chi connectivity index (χ2n) is 18.3. The summed E-state index contributed by atoms with van der Waals surface area (Å²) in [5.74, 6) is -1.00. The van der Waals surface area contributed by atoms with Crippen LogP contribution in [-0.2, 0) is 14.4 Å². The number of carbonyl (C=O) groups excluding carboxylic acids is 4. The molecule has 3 aromatic heterocycles. The summed E-state index contributed by atoms with van der Waals surface area (Å²) >= 11 is 0. The van der Waals surface area contributed by atoms with E-state index >= 15 is 0 Å². The van der Waals surface area contributed by atoms with E-state index < -0.39 is 23.1 Å². The second-order valence-corrected chi connectivity index (χ2v) is 18.3. The third kappa shape index (κ3) is 12.0. The maximum atomic E-state index is 14.9. The number of rotatable bonds is 18. The Bertz CT molecular complexity index is 2690. The molecule has 5 aromatic rings. The van der Waals surface area contributed by atoms with Gasteiger partial charge in [-0.15, -0.1) is 0 Å². The molecule has 0 bridgehead atoms. The highest BCUT2D eigenvalue weighted by molar-refractivity contribution is 5.95. The molecule has 3 aliphatic heterocycles. The van der Waals surface area contributed by atoms with Gasteiger partial charge in [0.2, 0.25) is 18.2 Å². The standard InChI is InChI=1S/C51H60F2N12O5/c1-3-70-42-29-43(49-38(30-54)32-57-65(49)33-42)37-8-11-46(55-31-37)63-17-14-51(15-18-63,59-50(69)44-27-39(52)9-10-45(44)53)34-61-21-25-64(26-22-61)48(68)13-16-60-19-23-62(24-20-60)41-6-4-5-40(28-41)58-36(2)7-12-47(67)56-35-66/h4-6,8-11,27-29,31-33,35-36,58H,3,7,12-26,34H2,1-2H3,(H,59,69)(H,56,66,67). The molecule has 1 atom stereocenters. The lowest BCUT2D eigenvalue weighted by atomic mass is 9.86. The summed E-state index contributed by atoms with van der Waals surface area (Å²) in [6, 6.07) is 19.1. The van der Waals surface area contributed by atoms with Crippen molar-refractivity contribution in [3.63, 3.8) is 0 Å². The molecule has 3 fully saturated rings. The van der Waals surface area contributed by atoms with Crippen LogP contribution in [0.1, 0.15) is 61.9 Å². The molecule has 8 rings (SSSR count). The average molecular weight is 959 g/mol. The fourth-order valence-electron chi connectivity index (χ4n) is 9.70. The SMILES string of the molecule is CCOc1cc(-c2ccc(N3CCC(CN4CCN(C(=O)CCN5CCN(c6cccc(NC(C)CCC(=O)NC=O)c6)CC5)CC4)(NC(=O)c4cc(F)ccc4F)CC3)nc2)c2c(C#N)cnn2c1. The quantitative estimate of drug-likeness (QED) is 0.101. The highest BCUT2D eigenvalue weighted by Crippen LogP contribution is 2.33. The molecule has 0 spiro atoms. The van der Waals surface area contributed by atoms with Crippen molar-refractivity contribution in [2.24, 2.45) is 0 Å². The summed E-state index contributed by atoms with van der Waals surface area (Å²) in [7, 11) is 0. The minimum atomic E-state index is -0.797. The van der Waals surface area contributed by atoms with Gasteiger partial charge in [0.05, 0.1) is 41.2 Å². The van der Waals surface area contributed by atoms with Crippen molar-refractivity contribution in [3.05, 3.63) is 102 Å². The van der Waals surface area contributed by atoms with Crippen LogP contribution in [0, 0.1) is 23.0 Å². The van der Waals surface area contributed by atoms with Crippen LogP contribution in [0.2, 0.25) is 0 Å². The summed E-state index contributed by atoms with van der Waals surface area (Å²) in [6.45, 7) is 12.2. The topological polar surface area (TPSA) is 184 Å². The predicted molar refractivity (Wildman–Crippen MR) is 262 cm³/mol. The molecular formula is C51H60F2N12O5. The zero-order chi connectivity index (χ0) is 49.2. The second kappa shape index (κ2) is 22.5. The number of nitrogens with zero attached hydrogens (tertiary/aromatic N) is 9.